The van der Waals surface area contributed by atoms with E-state index < -0.39 is 0 Å². The van der Waals surface area contributed by atoms with Gasteiger partial charge in [0.2, 0.25) is 0 Å². The zero-order chi connectivity index (χ0) is 9.10. The minimum absolute atomic E-state index is 0.0776. The molecule has 71 valence electrons. The Hall–Kier alpha value is -0.0400. The van der Waals surface area contributed by atoms with Crippen molar-refractivity contribution in [1.82, 2.24) is 0 Å². The maximum absolute atomic E-state index is 9.84. The monoisotopic (exact) mass is 177 g/mol. The molecule has 0 unspecified atom stereocenters. The third-order valence-electron chi connectivity index (χ3n) is 3.16. The Morgan fingerprint density at radius 2 is 1.62 bits per heavy atom. The largest absolute Gasteiger partial charge is 0.393 e. The molecular weight excluding hydrogens is 160 g/mol. The van der Waals surface area contributed by atoms with Gasteiger partial charge >= 0.3 is 0 Å². The molecule has 2 atom stereocenters. The van der Waals surface area contributed by atoms with E-state index in [-0.39, 0.29) is 6.10 Å². The molecule has 1 nitrogen and oxygen atoms in total. The molecule has 1 N–H and O–H groups in total. The molecule has 2 aliphatic rings. The molecule has 0 aromatic rings. The van der Waals surface area contributed by atoms with Gasteiger partial charge in [0, 0.05) is 0 Å². The van der Waals surface area contributed by atoms with Crippen LogP contribution in [0.15, 0.2) is 0 Å². The number of rotatable bonds is 1. The van der Waals surface area contributed by atoms with Crippen LogP contribution in [0.25, 0.3) is 0 Å². The lowest BCUT2D eigenvalue weighted by Crippen LogP contribution is -2.32. The standard InChI is InChI=1S/C12H17O/c13-12-9-5-4-8-11(12)10-6-2-1-3-7-10/h1-3,6-7,10-13H,4-5,8-9H2/t11-,12+/m1/s1. The van der Waals surface area contributed by atoms with Crippen molar-refractivity contribution in [3.8, 4) is 0 Å². The SMILES string of the molecule is O[C@H]1CCCC[C@@H]1C1[CH][CH][CH][CH][CH]1. The minimum Gasteiger partial charge on any atom is -0.393 e. The number of aliphatic hydroxyl groups excluding tert-OH is 1. The van der Waals surface area contributed by atoms with Crippen LogP contribution >= 0.6 is 0 Å². The first kappa shape index (κ1) is 9.51. The first-order valence-electron chi connectivity index (χ1n) is 5.24. The van der Waals surface area contributed by atoms with Gasteiger partial charge in [0.05, 0.1) is 6.10 Å². The Labute approximate surface area is 81.5 Å². The molecule has 0 aromatic heterocycles. The summed E-state index contributed by atoms with van der Waals surface area (Å²) in [5, 5.41) is 9.84. The molecule has 0 bridgehead atoms. The second-order valence-corrected chi connectivity index (χ2v) is 4.06. The lowest BCUT2D eigenvalue weighted by Gasteiger charge is -2.35. The van der Waals surface area contributed by atoms with E-state index in [0.717, 1.165) is 6.42 Å². The van der Waals surface area contributed by atoms with E-state index in [9.17, 15) is 5.11 Å². The molecule has 2 saturated carbocycles. The van der Waals surface area contributed by atoms with Crippen LogP contribution in [0, 0.1) is 43.9 Å². The van der Waals surface area contributed by atoms with E-state index in [1.165, 1.54) is 19.3 Å². The Balaban J connectivity index is 1.88. The molecule has 0 spiro atoms. The topological polar surface area (TPSA) is 20.2 Å². The highest BCUT2D eigenvalue weighted by molar-refractivity contribution is 5.21. The van der Waals surface area contributed by atoms with Gasteiger partial charge in [-0.1, -0.05) is 12.8 Å². The van der Waals surface area contributed by atoms with Gasteiger partial charge in [-0.05, 0) is 56.8 Å². The maximum Gasteiger partial charge on any atom is 0.0571 e. The van der Waals surface area contributed by atoms with Crippen molar-refractivity contribution in [1.29, 1.82) is 0 Å². The van der Waals surface area contributed by atoms with Crippen molar-refractivity contribution in [3.05, 3.63) is 32.1 Å². The quantitative estimate of drug-likeness (QED) is 0.651. The van der Waals surface area contributed by atoms with Crippen molar-refractivity contribution in [3.63, 3.8) is 0 Å². The fourth-order valence-corrected chi connectivity index (χ4v) is 2.39. The first-order valence-corrected chi connectivity index (χ1v) is 5.24. The highest BCUT2D eigenvalue weighted by Crippen LogP contribution is 2.36. The fraction of sp³-hybridized carbons (Fsp3) is 0.583. The Morgan fingerprint density at radius 3 is 2.31 bits per heavy atom. The molecule has 0 aromatic carbocycles. The van der Waals surface area contributed by atoms with E-state index in [0.29, 0.717) is 11.8 Å². The summed E-state index contributed by atoms with van der Waals surface area (Å²) in [5.74, 6) is 0.940. The van der Waals surface area contributed by atoms with Crippen LogP contribution in [-0.4, -0.2) is 11.2 Å². The highest BCUT2D eigenvalue weighted by Gasteiger charge is 2.31. The van der Waals surface area contributed by atoms with E-state index in [4.69, 9.17) is 0 Å². The second kappa shape index (κ2) is 4.45. The summed E-state index contributed by atoms with van der Waals surface area (Å²) in [5.41, 5.74) is 0. The lowest BCUT2D eigenvalue weighted by atomic mass is 9.72. The summed E-state index contributed by atoms with van der Waals surface area (Å²) >= 11 is 0. The first-order chi connectivity index (χ1) is 6.38. The van der Waals surface area contributed by atoms with Gasteiger partial charge in [-0.3, -0.25) is 0 Å². The Morgan fingerprint density at radius 1 is 0.923 bits per heavy atom. The Kier molecular flexibility index (Phi) is 3.26. The number of hydrogen-bond acceptors (Lipinski definition) is 1. The van der Waals surface area contributed by atoms with Crippen molar-refractivity contribution >= 4 is 0 Å². The van der Waals surface area contributed by atoms with Gasteiger partial charge < -0.3 is 5.11 Å². The predicted molar refractivity (Wildman–Crippen MR) is 53.0 cm³/mol. The zero-order valence-electron chi connectivity index (χ0n) is 7.89. The molecule has 0 amide bonds. The van der Waals surface area contributed by atoms with Gasteiger partial charge in [-0.25, -0.2) is 0 Å². The number of aliphatic hydroxyl groups is 1. The minimum atomic E-state index is -0.0776. The third kappa shape index (κ3) is 2.25. The molecule has 5 radical (unpaired) electrons. The van der Waals surface area contributed by atoms with Crippen molar-refractivity contribution < 1.29 is 5.11 Å². The van der Waals surface area contributed by atoms with Crippen LogP contribution in [0.4, 0.5) is 0 Å². The van der Waals surface area contributed by atoms with Crippen molar-refractivity contribution in [2.45, 2.75) is 31.8 Å². The van der Waals surface area contributed by atoms with E-state index in [2.05, 4.69) is 25.7 Å². The summed E-state index contributed by atoms with van der Waals surface area (Å²) in [7, 11) is 0. The predicted octanol–water partition coefficient (Wildman–Crippen LogP) is 2.19. The van der Waals surface area contributed by atoms with Crippen LogP contribution < -0.4 is 0 Å². The van der Waals surface area contributed by atoms with Gasteiger partial charge in [0.25, 0.3) is 0 Å². The van der Waals surface area contributed by atoms with Crippen molar-refractivity contribution in [2.75, 3.05) is 0 Å². The molecule has 0 saturated heterocycles. The van der Waals surface area contributed by atoms with E-state index in [1.54, 1.807) is 0 Å². The summed E-state index contributed by atoms with van der Waals surface area (Å²) in [4.78, 5) is 0. The molecule has 13 heavy (non-hydrogen) atoms. The van der Waals surface area contributed by atoms with E-state index >= 15 is 0 Å². The van der Waals surface area contributed by atoms with Crippen LogP contribution in [-0.2, 0) is 0 Å². The van der Waals surface area contributed by atoms with Crippen LogP contribution in [0.1, 0.15) is 25.7 Å². The van der Waals surface area contributed by atoms with Crippen LogP contribution in [0.3, 0.4) is 0 Å². The van der Waals surface area contributed by atoms with Gasteiger partial charge in [0.15, 0.2) is 0 Å². The normalized spacial score (nSPS) is 37.6. The highest BCUT2D eigenvalue weighted by atomic mass is 16.3. The molecule has 2 aliphatic carbocycles. The van der Waals surface area contributed by atoms with Crippen molar-refractivity contribution in [2.24, 2.45) is 11.8 Å². The summed E-state index contributed by atoms with van der Waals surface area (Å²) in [6.07, 6.45) is 15.2. The summed E-state index contributed by atoms with van der Waals surface area (Å²) < 4.78 is 0. The van der Waals surface area contributed by atoms with E-state index in [1.807, 2.05) is 6.42 Å². The molecule has 2 fully saturated rings. The summed E-state index contributed by atoms with van der Waals surface area (Å²) in [6, 6.07) is 0. The van der Waals surface area contributed by atoms with Crippen LogP contribution in [0.2, 0.25) is 0 Å². The third-order valence-corrected chi connectivity index (χ3v) is 3.16. The molecule has 2 rings (SSSR count). The zero-order valence-corrected chi connectivity index (χ0v) is 7.89. The lowest BCUT2D eigenvalue weighted by molar-refractivity contribution is 0.0516. The maximum atomic E-state index is 9.84. The Bertz CT molecular complexity index is 149. The van der Waals surface area contributed by atoms with Crippen LogP contribution in [0.5, 0.6) is 0 Å². The van der Waals surface area contributed by atoms with Gasteiger partial charge in [-0.2, -0.15) is 0 Å². The molecular formula is C12H17O. The number of hydrogen-bond donors (Lipinski definition) is 1. The van der Waals surface area contributed by atoms with Gasteiger partial charge in [0.1, 0.15) is 0 Å². The summed E-state index contributed by atoms with van der Waals surface area (Å²) in [6.45, 7) is 0. The smallest absolute Gasteiger partial charge is 0.0571 e. The average Bonchev–Trinajstić information content (AvgIpc) is 2.20. The van der Waals surface area contributed by atoms with Gasteiger partial charge in [-0.15, -0.1) is 0 Å². The second-order valence-electron chi connectivity index (χ2n) is 4.06. The fourth-order valence-electron chi connectivity index (χ4n) is 2.39. The molecule has 0 aliphatic heterocycles. The average molecular weight is 177 g/mol. The molecule has 0 heterocycles. The molecule has 1 heteroatoms.